The van der Waals surface area contributed by atoms with Gasteiger partial charge in [0.15, 0.2) is 0 Å². The fourth-order valence-corrected chi connectivity index (χ4v) is 3.05. The van der Waals surface area contributed by atoms with Crippen molar-refractivity contribution in [3.8, 4) is 0 Å². The maximum Gasteiger partial charge on any atom is 0.106 e. The van der Waals surface area contributed by atoms with E-state index in [4.69, 9.17) is 18.0 Å². The van der Waals surface area contributed by atoms with Gasteiger partial charge in [-0.25, -0.2) is 0 Å². The zero-order valence-electron chi connectivity index (χ0n) is 11.4. The number of anilines is 1. The SMILES string of the molecule is Cc1ccc(N2CCCC2C(C)C)c(C(N)=S)c1. The third-order valence-electron chi connectivity index (χ3n) is 3.80. The number of rotatable bonds is 3. The van der Waals surface area contributed by atoms with Crippen molar-refractivity contribution in [1.29, 1.82) is 0 Å². The van der Waals surface area contributed by atoms with E-state index in [2.05, 4.69) is 43.9 Å². The van der Waals surface area contributed by atoms with Crippen molar-refractivity contribution in [3.05, 3.63) is 29.3 Å². The zero-order valence-corrected chi connectivity index (χ0v) is 12.3. The molecule has 1 aromatic rings. The quantitative estimate of drug-likeness (QED) is 0.848. The monoisotopic (exact) mass is 262 g/mol. The molecule has 0 bridgehead atoms. The maximum atomic E-state index is 5.88. The molecule has 1 aliphatic heterocycles. The molecular weight excluding hydrogens is 240 g/mol. The van der Waals surface area contributed by atoms with Gasteiger partial charge in [-0.15, -0.1) is 0 Å². The van der Waals surface area contributed by atoms with Gasteiger partial charge in [-0.1, -0.05) is 37.7 Å². The van der Waals surface area contributed by atoms with E-state index in [1.54, 1.807) is 0 Å². The molecule has 1 saturated heterocycles. The van der Waals surface area contributed by atoms with E-state index in [1.807, 2.05) is 0 Å². The molecule has 1 aromatic carbocycles. The first kappa shape index (κ1) is 13.3. The summed E-state index contributed by atoms with van der Waals surface area (Å²) in [6.07, 6.45) is 2.52. The smallest absolute Gasteiger partial charge is 0.106 e. The van der Waals surface area contributed by atoms with Crippen molar-refractivity contribution in [2.75, 3.05) is 11.4 Å². The van der Waals surface area contributed by atoms with Crippen LogP contribution in [0.15, 0.2) is 18.2 Å². The van der Waals surface area contributed by atoms with Crippen LogP contribution in [0, 0.1) is 12.8 Å². The predicted molar refractivity (Wildman–Crippen MR) is 82.3 cm³/mol. The molecule has 0 aliphatic carbocycles. The van der Waals surface area contributed by atoms with Crippen LogP contribution in [0.4, 0.5) is 5.69 Å². The van der Waals surface area contributed by atoms with Crippen LogP contribution in [0.3, 0.4) is 0 Å². The van der Waals surface area contributed by atoms with Crippen LogP contribution in [-0.2, 0) is 0 Å². The average molecular weight is 262 g/mol. The van der Waals surface area contributed by atoms with Crippen LogP contribution in [0.1, 0.15) is 37.8 Å². The molecule has 18 heavy (non-hydrogen) atoms. The predicted octanol–water partition coefficient (Wildman–Crippen LogP) is 3.25. The van der Waals surface area contributed by atoms with Crippen LogP contribution >= 0.6 is 12.2 Å². The third kappa shape index (κ3) is 2.51. The lowest BCUT2D eigenvalue weighted by Gasteiger charge is -2.31. The average Bonchev–Trinajstić information content (AvgIpc) is 2.77. The number of benzene rings is 1. The number of thiocarbonyl (C=S) groups is 1. The molecule has 0 radical (unpaired) electrons. The second-order valence-electron chi connectivity index (χ2n) is 5.53. The molecule has 98 valence electrons. The summed E-state index contributed by atoms with van der Waals surface area (Å²) in [6, 6.07) is 7.03. The summed E-state index contributed by atoms with van der Waals surface area (Å²) < 4.78 is 0. The molecule has 0 aromatic heterocycles. The molecule has 1 fully saturated rings. The summed E-state index contributed by atoms with van der Waals surface area (Å²) in [4.78, 5) is 2.99. The molecule has 1 atom stereocenters. The van der Waals surface area contributed by atoms with Crippen molar-refractivity contribution >= 4 is 22.9 Å². The Balaban J connectivity index is 2.41. The van der Waals surface area contributed by atoms with Crippen LogP contribution in [0.2, 0.25) is 0 Å². The van der Waals surface area contributed by atoms with E-state index in [0.717, 1.165) is 12.1 Å². The first-order valence-corrected chi connectivity index (χ1v) is 7.08. The molecular formula is C15H22N2S. The molecule has 2 N–H and O–H groups in total. The molecule has 0 amide bonds. The lowest BCUT2D eigenvalue weighted by molar-refractivity contribution is 0.492. The maximum absolute atomic E-state index is 5.88. The number of hydrogen-bond donors (Lipinski definition) is 1. The van der Waals surface area contributed by atoms with E-state index in [1.165, 1.54) is 24.1 Å². The van der Waals surface area contributed by atoms with Gasteiger partial charge >= 0.3 is 0 Å². The van der Waals surface area contributed by atoms with Crippen molar-refractivity contribution < 1.29 is 0 Å². The molecule has 0 spiro atoms. The minimum atomic E-state index is 0.503. The van der Waals surface area contributed by atoms with Gasteiger partial charge in [0.05, 0.1) is 0 Å². The Bertz CT molecular complexity index is 454. The minimum absolute atomic E-state index is 0.503. The van der Waals surface area contributed by atoms with E-state index in [-0.39, 0.29) is 0 Å². The standard InChI is InChI=1S/C15H22N2S/c1-10(2)13-5-4-8-17(13)14-7-6-11(3)9-12(14)15(16)18/h6-7,9-10,13H,4-5,8H2,1-3H3,(H2,16,18). The van der Waals surface area contributed by atoms with Gasteiger partial charge in [-0.3, -0.25) is 0 Å². The number of hydrogen-bond acceptors (Lipinski definition) is 2. The van der Waals surface area contributed by atoms with E-state index in [0.29, 0.717) is 16.9 Å². The number of nitrogens with two attached hydrogens (primary N) is 1. The molecule has 2 rings (SSSR count). The highest BCUT2D eigenvalue weighted by molar-refractivity contribution is 7.80. The van der Waals surface area contributed by atoms with Gasteiger partial charge in [0.25, 0.3) is 0 Å². The summed E-state index contributed by atoms with van der Waals surface area (Å²) >= 11 is 5.20. The fraction of sp³-hybridized carbons (Fsp3) is 0.533. The Labute approximate surface area is 115 Å². The van der Waals surface area contributed by atoms with Gasteiger partial charge in [-0.2, -0.15) is 0 Å². The first-order valence-electron chi connectivity index (χ1n) is 6.68. The Morgan fingerprint density at radius 2 is 2.17 bits per heavy atom. The van der Waals surface area contributed by atoms with Crippen molar-refractivity contribution in [2.24, 2.45) is 11.7 Å². The third-order valence-corrected chi connectivity index (χ3v) is 4.02. The Morgan fingerprint density at radius 1 is 1.44 bits per heavy atom. The number of nitrogens with zero attached hydrogens (tertiary/aromatic N) is 1. The molecule has 1 aliphatic rings. The molecule has 1 unspecified atom stereocenters. The minimum Gasteiger partial charge on any atom is -0.389 e. The summed E-state index contributed by atoms with van der Waals surface area (Å²) in [5.41, 5.74) is 9.33. The van der Waals surface area contributed by atoms with E-state index < -0.39 is 0 Å². The van der Waals surface area contributed by atoms with Crippen LogP contribution in [-0.4, -0.2) is 17.6 Å². The van der Waals surface area contributed by atoms with Gasteiger partial charge in [-0.05, 0) is 37.8 Å². The lowest BCUT2D eigenvalue weighted by Crippen LogP contribution is -2.34. The van der Waals surface area contributed by atoms with Crippen molar-refractivity contribution in [3.63, 3.8) is 0 Å². The first-order chi connectivity index (χ1) is 8.50. The largest absolute Gasteiger partial charge is 0.389 e. The second kappa shape index (κ2) is 5.27. The van der Waals surface area contributed by atoms with Crippen LogP contribution < -0.4 is 10.6 Å². The summed E-state index contributed by atoms with van der Waals surface area (Å²) in [7, 11) is 0. The Hall–Kier alpha value is -1.09. The highest BCUT2D eigenvalue weighted by Gasteiger charge is 2.28. The Morgan fingerprint density at radius 3 is 2.78 bits per heavy atom. The highest BCUT2D eigenvalue weighted by atomic mass is 32.1. The lowest BCUT2D eigenvalue weighted by atomic mass is 10.0. The van der Waals surface area contributed by atoms with E-state index in [9.17, 15) is 0 Å². The summed E-state index contributed by atoms with van der Waals surface area (Å²) in [6.45, 7) is 7.77. The summed E-state index contributed by atoms with van der Waals surface area (Å²) in [5, 5.41) is 0. The molecule has 0 saturated carbocycles. The van der Waals surface area contributed by atoms with Crippen molar-refractivity contribution in [2.45, 2.75) is 39.7 Å². The second-order valence-corrected chi connectivity index (χ2v) is 5.97. The van der Waals surface area contributed by atoms with Crippen molar-refractivity contribution in [1.82, 2.24) is 0 Å². The topological polar surface area (TPSA) is 29.3 Å². The number of aryl methyl sites for hydroxylation is 1. The van der Waals surface area contributed by atoms with Gasteiger partial charge in [0.1, 0.15) is 4.99 Å². The zero-order chi connectivity index (χ0) is 13.3. The Kier molecular flexibility index (Phi) is 3.91. The molecule has 2 nitrogen and oxygen atoms in total. The normalized spacial score (nSPS) is 19.6. The van der Waals surface area contributed by atoms with E-state index >= 15 is 0 Å². The van der Waals surface area contributed by atoms with Crippen LogP contribution in [0.5, 0.6) is 0 Å². The van der Waals surface area contributed by atoms with Gasteiger partial charge in [0.2, 0.25) is 0 Å². The molecule has 3 heteroatoms. The van der Waals surface area contributed by atoms with Gasteiger partial charge in [0, 0.05) is 23.8 Å². The fourth-order valence-electron chi connectivity index (χ4n) is 2.88. The summed E-state index contributed by atoms with van der Waals surface area (Å²) in [5.74, 6) is 0.660. The van der Waals surface area contributed by atoms with Crippen LogP contribution in [0.25, 0.3) is 0 Å². The van der Waals surface area contributed by atoms with Gasteiger partial charge < -0.3 is 10.6 Å². The highest BCUT2D eigenvalue weighted by Crippen LogP contribution is 2.32. The molecule has 1 heterocycles.